The number of hydrogen-bond acceptors (Lipinski definition) is 8. The minimum atomic E-state index is -0.607. The van der Waals surface area contributed by atoms with Gasteiger partial charge in [0, 0.05) is 11.1 Å². The second-order valence-electron chi connectivity index (χ2n) is 5.88. The summed E-state index contributed by atoms with van der Waals surface area (Å²) in [5, 5.41) is 19.8. The third-order valence-electron chi connectivity index (χ3n) is 3.98. The third-order valence-corrected chi connectivity index (χ3v) is 4.81. The summed E-state index contributed by atoms with van der Waals surface area (Å²) in [6, 6.07) is 14.1. The van der Waals surface area contributed by atoms with Gasteiger partial charge in [0.15, 0.2) is 5.69 Å². The standard InChI is InChI=1S/C18H12Cl2N8O2/c19-12-8-4-7-11(13(12)20)9-22-24-18(29)14-15(10-5-2-1-3-6-10)28(27-23-14)17-16(21)25-30-26-17/h1-9H,(H2,21,25)(H,24,29). The fraction of sp³-hybridized carbons (Fsp3) is 0. The second-order valence-corrected chi connectivity index (χ2v) is 6.66. The monoisotopic (exact) mass is 442 g/mol. The summed E-state index contributed by atoms with van der Waals surface area (Å²) >= 11 is 12.1. The molecule has 0 aliphatic rings. The molecular formula is C18H12Cl2N8O2. The molecule has 10 nitrogen and oxygen atoms in total. The van der Waals surface area contributed by atoms with Crippen LogP contribution in [-0.4, -0.2) is 37.4 Å². The summed E-state index contributed by atoms with van der Waals surface area (Å²) in [6.07, 6.45) is 1.37. The van der Waals surface area contributed by atoms with Gasteiger partial charge in [-0.05, 0) is 16.4 Å². The Morgan fingerprint density at radius 2 is 1.93 bits per heavy atom. The first-order valence-corrected chi connectivity index (χ1v) is 9.19. The lowest BCUT2D eigenvalue weighted by Gasteiger charge is -2.05. The number of aromatic nitrogens is 5. The van der Waals surface area contributed by atoms with Crippen molar-refractivity contribution in [2.75, 3.05) is 5.73 Å². The summed E-state index contributed by atoms with van der Waals surface area (Å²) < 4.78 is 5.91. The van der Waals surface area contributed by atoms with Gasteiger partial charge in [0.05, 0.1) is 16.3 Å². The van der Waals surface area contributed by atoms with Crippen LogP contribution in [-0.2, 0) is 0 Å². The lowest BCUT2D eigenvalue weighted by Crippen LogP contribution is -2.19. The van der Waals surface area contributed by atoms with E-state index in [1.807, 2.05) is 6.07 Å². The molecule has 0 unspecified atom stereocenters. The average Bonchev–Trinajstić information content (AvgIpc) is 3.37. The molecule has 0 spiro atoms. The van der Waals surface area contributed by atoms with E-state index in [-0.39, 0.29) is 17.3 Å². The van der Waals surface area contributed by atoms with Gasteiger partial charge in [-0.1, -0.05) is 70.9 Å². The smallest absolute Gasteiger partial charge is 0.294 e. The predicted octanol–water partition coefficient (Wildman–Crippen LogP) is 2.97. The number of anilines is 1. The Kier molecular flexibility index (Phi) is 5.42. The number of nitrogen functional groups attached to an aromatic ring is 1. The topological polar surface area (TPSA) is 137 Å². The summed E-state index contributed by atoms with van der Waals surface area (Å²) in [5.41, 5.74) is 9.70. The van der Waals surface area contributed by atoms with Crippen LogP contribution < -0.4 is 11.2 Å². The molecule has 1 amide bonds. The number of carbonyl (C=O) groups is 1. The van der Waals surface area contributed by atoms with Crippen LogP contribution >= 0.6 is 23.2 Å². The van der Waals surface area contributed by atoms with Crippen LogP contribution in [0.1, 0.15) is 16.1 Å². The maximum absolute atomic E-state index is 12.8. The van der Waals surface area contributed by atoms with Crippen molar-refractivity contribution in [1.29, 1.82) is 0 Å². The molecule has 0 saturated heterocycles. The summed E-state index contributed by atoms with van der Waals surface area (Å²) in [7, 11) is 0. The van der Waals surface area contributed by atoms with Crippen LogP contribution in [0, 0.1) is 0 Å². The van der Waals surface area contributed by atoms with Gasteiger partial charge >= 0.3 is 0 Å². The molecule has 30 heavy (non-hydrogen) atoms. The second kappa shape index (κ2) is 8.31. The Labute approximate surface area is 179 Å². The molecule has 0 saturated carbocycles. The number of benzene rings is 2. The maximum Gasteiger partial charge on any atom is 0.294 e. The minimum absolute atomic E-state index is 0.00191. The van der Waals surface area contributed by atoms with E-state index in [2.05, 4.69) is 35.8 Å². The number of rotatable bonds is 5. The van der Waals surface area contributed by atoms with Crippen molar-refractivity contribution in [3.05, 3.63) is 69.8 Å². The number of hydrogen-bond donors (Lipinski definition) is 2. The molecule has 2 aromatic carbocycles. The molecule has 4 aromatic rings. The first-order chi connectivity index (χ1) is 14.6. The highest BCUT2D eigenvalue weighted by atomic mass is 35.5. The Balaban J connectivity index is 1.68. The van der Waals surface area contributed by atoms with E-state index in [1.54, 1.807) is 42.5 Å². The average molecular weight is 443 g/mol. The summed E-state index contributed by atoms with van der Waals surface area (Å²) in [6.45, 7) is 0. The fourth-order valence-electron chi connectivity index (χ4n) is 2.61. The van der Waals surface area contributed by atoms with Crippen LogP contribution in [0.2, 0.25) is 10.0 Å². The van der Waals surface area contributed by atoms with Crippen LogP contribution in [0.5, 0.6) is 0 Å². The van der Waals surface area contributed by atoms with Crippen molar-refractivity contribution in [3.63, 3.8) is 0 Å². The highest BCUT2D eigenvalue weighted by Gasteiger charge is 2.24. The van der Waals surface area contributed by atoms with Gasteiger partial charge < -0.3 is 5.73 Å². The molecule has 0 radical (unpaired) electrons. The number of halogens is 2. The van der Waals surface area contributed by atoms with E-state index in [1.165, 1.54) is 10.9 Å². The number of carbonyl (C=O) groups excluding carboxylic acids is 1. The molecule has 0 atom stereocenters. The molecule has 0 fully saturated rings. The molecule has 150 valence electrons. The SMILES string of the molecule is Nc1nonc1-n1nnc(C(=O)NN=Cc2cccc(Cl)c2Cl)c1-c1ccccc1. The molecule has 0 aliphatic heterocycles. The van der Waals surface area contributed by atoms with E-state index in [4.69, 9.17) is 28.9 Å². The van der Waals surface area contributed by atoms with E-state index in [0.29, 0.717) is 26.9 Å². The molecule has 2 heterocycles. The van der Waals surface area contributed by atoms with Gasteiger partial charge in [0.2, 0.25) is 11.6 Å². The highest BCUT2D eigenvalue weighted by molar-refractivity contribution is 6.43. The Morgan fingerprint density at radius 3 is 2.67 bits per heavy atom. The van der Waals surface area contributed by atoms with Gasteiger partial charge in [0.1, 0.15) is 5.69 Å². The van der Waals surface area contributed by atoms with E-state index < -0.39 is 5.91 Å². The molecular weight excluding hydrogens is 431 g/mol. The zero-order chi connectivity index (χ0) is 21.1. The normalized spacial score (nSPS) is 11.1. The maximum atomic E-state index is 12.8. The van der Waals surface area contributed by atoms with Gasteiger partial charge in [0.25, 0.3) is 5.91 Å². The third kappa shape index (κ3) is 3.73. The lowest BCUT2D eigenvalue weighted by atomic mass is 10.1. The minimum Gasteiger partial charge on any atom is -0.378 e. The fourth-order valence-corrected chi connectivity index (χ4v) is 2.97. The number of nitrogens with one attached hydrogen (secondary N) is 1. The lowest BCUT2D eigenvalue weighted by molar-refractivity contribution is 0.0950. The largest absolute Gasteiger partial charge is 0.378 e. The zero-order valence-electron chi connectivity index (χ0n) is 15.0. The van der Waals surface area contributed by atoms with Crippen LogP contribution in [0.4, 0.5) is 5.82 Å². The van der Waals surface area contributed by atoms with E-state index in [0.717, 1.165) is 0 Å². The highest BCUT2D eigenvalue weighted by Crippen LogP contribution is 2.26. The number of nitrogens with two attached hydrogens (primary N) is 1. The van der Waals surface area contributed by atoms with Crippen molar-refractivity contribution in [2.24, 2.45) is 5.10 Å². The van der Waals surface area contributed by atoms with Crippen molar-refractivity contribution < 1.29 is 9.42 Å². The van der Waals surface area contributed by atoms with Crippen LogP contribution in [0.15, 0.2) is 58.3 Å². The van der Waals surface area contributed by atoms with Crippen molar-refractivity contribution in [3.8, 4) is 17.1 Å². The molecule has 3 N–H and O–H groups in total. The molecule has 0 aliphatic carbocycles. The Morgan fingerprint density at radius 1 is 1.13 bits per heavy atom. The van der Waals surface area contributed by atoms with E-state index in [9.17, 15) is 4.79 Å². The number of hydrazone groups is 1. The zero-order valence-corrected chi connectivity index (χ0v) is 16.5. The number of amides is 1. The first-order valence-electron chi connectivity index (χ1n) is 8.43. The molecule has 0 bridgehead atoms. The first kappa shape index (κ1) is 19.6. The molecule has 12 heteroatoms. The predicted molar refractivity (Wildman–Crippen MR) is 111 cm³/mol. The van der Waals surface area contributed by atoms with Gasteiger partial charge in [-0.15, -0.1) is 5.10 Å². The molecule has 4 rings (SSSR count). The van der Waals surface area contributed by atoms with E-state index >= 15 is 0 Å². The van der Waals surface area contributed by atoms with Crippen molar-refractivity contribution in [2.45, 2.75) is 0 Å². The summed E-state index contributed by atoms with van der Waals surface area (Å²) in [4.78, 5) is 12.8. The Bertz CT molecular complexity index is 1240. The summed E-state index contributed by atoms with van der Waals surface area (Å²) in [5.74, 6) is -0.503. The van der Waals surface area contributed by atoms with Crippen molar-refractivity contribution in [1.82, 2.24) is 30.7 Å². The van der Waals surface area contributed by atoms with Crippen LogP contribution in [0.3, 0.4) is 0 Å². The Hall–Kier alpha value is -3.76. The van der Waals surface area contributed by atoms with Gasteiger partial charge in [-0.3, -0.25) is 4.79 Å². The van der Waals surface area contributed by atoms with Crippen LogP contribution in [0.25, 0.3) is 17.1 Å². The molecule has 2 aromatic heterocycles. The van der Waals surface area contributed by atoms with Gasteiger partial charge in [-0.2, -0.15) is 9.78 Å². The number of nitrogens with zero attached hydrogens (tertiary/aromatic N) is 6. The quantitative estimate of drug-likeness (QED) is 0.357. The van der Waals surface area contributed by atoms with Gasteiger partial charge in [-0.25, -0.2) is 10.1 Å². The van der Waals surface area contributed by atoms with Crippen molar-refractivity contribution >= 4 is 41.1 Å².